The largest absolute Gasteiger partial charge is 0.471 e. The van der Waals surface area contributed by atoms with Gasteiger partial charge in [-0.25, -0.2) is 0 Å². The van der Waals surface area contributed by atoms with Crippen molar-refractivity contribution >= 4 is 5.91 Å². The molecule has 1 unspecified atom stereocenters. The van der Waals surface area contributed by atoms with Gasteiger partial charge in [-0.1, -0.05) is 20.8 Å². The van der Waals surface area contributed by atoms with Crippen LogP contribution in [0, 0.1) is 5.41 Å². The van der Waals surface area contributed by atoms with Gasteiger partial charge in [-0.3, -0.25) is 4.79 Å². The summed E-state index contributed by atoms with van der Waals surface area (Å²) in [7, 11) is 0. The van der Waals surface area contributed by atoms with Crippen molar-refractivity contribution in [3.05, 3.63) is 18.3 Å². The maximum absolute atomic E-state index is 12.3. The lowest BCUT2D eigenvalue weighted by molar-refractivity contribution is -0.135. The lowest BCUT2D eigenvalue weighted by Gasteiger charge is -2.34. The van der Waals surface area contributed by atoms with Gasteiger partial charge in [0.1, 0.15) is 6.10 Å². The van der Waals surface area contributed by atoms with Gasteiger partial charge in [-0.05, 0) is 24.3 Å². The molecule has 0 saturated carbocycles. The van der Waals surface area contributed by atoms with E-state index in [1.54, 1.807) is 18.3 Å². The van der Waals surface area contributed by atoms with E-state index >= 15 is 0 Å². The number of nitrogens with zero attached hydrogens (tertiary/aromatic N) is 3. The van der Waals surface area contributed by atoms with Gasteiger partial charge in [0.25, 0.3) is 0 Å². The Morgan fingerprint density at radius 3 is 2.95 bits per heavy atom. The first-order valence-electron chi connectivity index (χ1n) is 7.16. The van der Waals surface area contributed by atoms with Gasteiger partial charge in [0.05, 0.1) is 6.54 Å². The molecule has 2 heterocycles. The van der Waals surface area contributed by atoms with Crippen LogP contribution in [-0.2, 0) is 4.79 Å². The highest BCUT2D eigenvalue weighted by Crippen LogP contribution is 2.22. The van der Waals surface area contributed by atoms with E-state index in [2.05, 4.69) is 31.0 Å². The summed E-state index contributed by atoms with van der Waals surface area (Å²) in [6.45, 7) is 7.73. The molecule has 5 heteroatoms. The number of ether oxygens (including phenoxy) is 1. The lowest BCUT2D eigenvalue weighted by atomic mass is 9.91. The summed E-state index contributed by atoms with van der Waals surface area (Å²) in [5.41, 5.74) is 0.0236. The van der Waals surface area contributed by atoms with E-state index in [9.17, 15) is 4.79 Å². The van der Waals surface area contributed by atoms with Gasteiger partial charge in [0.15, 0.2) is 0 Å². The van der Waals surface area contributed by atoms with Crippen molar-refractivity contribution in [1.29, 1.82) is 0 Å². The monoisotopic (exact) mass is 277 g/mol. The van der Waals surface area contributed by atoms with Gasteiger partial charge >= 0.3 is 0 Å². The molecule has 1 aromatic rings. The van der Waals surface area contributed by atoms with Gasteiger partial charge < -0.3 is 9.64 Å². The molecule has 0 aliphatic carbocycles. The van der Waals surface area contributed by atoms with E-state index < -0.39 is 0 Å². The van der Waals surface area contributed by atoms with Gasteiger partial charge in [0.2, 0.25) is 11.8 Å². The zero-order chi connectivity index (χ0) is 14.6. The number of hydrogen-bond donors (Lipinski definition) is 0. The summed E-state index contributed by atoms with van der Waals surface area (Å²) in [5.74, 6) is 0.743. The summed E-state index contributed by atoms with van der Waals surface area (Å²) in [4.78, 5) is 14.2. The topological polar surface area (TPSA) is 55.3 Å². The average Bonchev–Trinajstić information content (AvgIpc) is 2.38. The van der Waals surface area contributed by atoms with Crippen molar-refractivity contribution in [3.8, 4) is 5.88 Å². The van der Waals surface area contributed by atoms with Crippen LogP contribution >= 0.6 is 0 Å². The second kappa shape index (κ2) is 6.20. The Bertz CT molecular complexity index is 442. The predicted octanol–water partition coefficient (Wildman–Crippen LogP) is 2.28. The first kappa shape index (κ1) is 14.8. The molecule has 0 bridgehead atoms. The Hall–Kier alpha value is -1.65. The highest BCUT2D eigenvalue weighted by atomic mass is 16.5. The normalized spacial score (nSPS) is 19.8. The first-order valence-corrected chi connectivity index (χ1v) is 7.16. The van der Waals surface area contributed by atoms with Crippen LogP contribution in [0.2, 0.25) is 0 Å². The molecule has 5 nitrogen and oxygen atoms in total. The van der Waals surface area contributed by atoms with E-state index in [4.69, 9.17) is 4.74 Å². The minimum Gasteiger partial charge on any atom is -0.471 e. The number of aromatic nitrogens is 2. The Morgan fingerprint density at radius 1 is 1.50 bits per heavy atom. The zero-order valence-corrected chi connectivity index (χ0v) is 12.5. The van der Waals surface area contributed by atoms with Crippen LogP contribution < -0.4 is 4.74 Å². The second-order valence-electron chi connectivity index (χ2n) is 6.52. The molecule has 1 fully saturated rings. The highest BCUT2D eigenvalue weighted by molar-refractivity contribution is 5.76. The number of amides is 1. The molecular formula is C15H23N3O2. The summed E-state index contributed by atoms with van der Waals surface area (Å²) >= 11 is 0. The molecule has 20 heavy (non-hydrogen) atoms. The van der Waals surface area contributed by atoms with Gasteiger partial charge in [-0.15, -0.1) is 5.10 Å². The van der Waals surface area contributed by atoms with Crippen LogP contribution in [0.25, 0.3) is 0 Å². The molecule has 1 amide bonds. The maximum Gasteiger partial charge on any atom is 0.233 e. The highest BCUT2D eigenvalue weighted by Gasteiger charge is 2.27. The van der Waals surface area contributed by atoms with Crippen molar-refractivity contribution in [2.24, 2.45) is 5.41 Å². The standard InChI is InChI=1S/C15H23N3O2/c1-15(2,3)10-14(19)18-9-5-6-12(11-18)20-13-7-4-8-16-17-13/h4,7-8,12H,5-6,9-11H2,1-3H3. The smallest absolute Gasteiger partial charge is 0.233 e. The lowest BCUT2D eigenvalue weighted by Crippen LogP contribution is -2.45. The third kappa shape index (κ3) is 4.47. The van der Waals surface area contributed by atoms with Crippen molar-refractivity contribution in [1.82, 2.24) is 15.1 Å². The average molecular weight is 277 g/mol. The number of hydrogen-bond acceptors (Lipinski definition) is 4. The third-order valence-corrected chi connectivity index (χ3v) is 3.25. The van der Waals surface area contributed by atoms with E-state index in [0.717, 1.165) is 19.4 Å². The zero-order valence-electron chi connectivity index (χ0n) is 12.5. The SMILES string of the molecule is CC(C)(C)CC(=O)N1CCCC(Oc2cccnn2)C1. The number of likely N-dealkylation sites (tertiary alicyclic amines) is 1. The molecular weight excluding hydrogens is 254 g/mol. The third-order valence-electron chi connectivity index (χ3n) is 3.25. The molecule has 1 aliphatic heterocycles. The van der Waals surface area contributed by atoms with E-state index in [-0.39, 0.29) is 17.4 Å². The molecule has 0 aromatic carbocycles. The Balaban J connectivity index is 1.90. The number of rotatable bonds is 3. The quantitative estimate of drug-likeness (QED) is 0.850. The van der Waals surface area contributed by atoms with E-state index in [0.29, 0.717) is 18.8 Å². The predicted molar refractivity (Wildman–Crippen MR) is 76.3 cm³/mol. The fraction of sp³-hybridized carbons (Fsp3) is 0.667. The molecule has 1 atom stereocenters. The minimum absolute atomic E-state index is 0.0179. The Kier molecular flexibility index (Phi) is 4.57. The van der Waals surface area contributed by atoms with E-state index in [1.165, 1.54) is 0 Å². The molecule has 1 saturated heterocycles. The number of carbonyl (C=O) groups excluding carboxylic acids is 1. The maximum atomic E-state index is 12.3. The Morgan fingerprint density at radius 2 is 2.30 bits per heavy atom. The molecule has 1 aromatic heterocycles. The summed E-state index contributed by atoms with van der Waals surface area (Å²) in [6, 6.07) is 3.59. The molecule has 2 rings (SSSR count). The van der Waals surface area contributed by atoms with Crippen LogP contribution in [0.1, 0.15) is 40.0 Å². The van der Waals surface area contributed by atoms with Crippen molar-refractivity contribution in [3.63, 3.8) is 0 Å². The van der Waals surface area contributed by atoms with Crippen molar-refractivity contribution < 1.29 is 9.53 Å². The molecule has 110 valence electrons. The van der Waals surface area contributed by atoms with Crippen molar-refractivity contribution in [2.75, 3.05) is 13.1 Å². The fourth-order valence-electron chi connectivity index (χ4n) is 2.35. The fourth-order valence-corrected chi connectivity index (χ4v) is 2.35. The van der Waals surface area contributed by atoms with Crippen LogP contribution in [0.3, 0.4) is 0 Å². The van der Waals surface area contributed by atoms with E-state index in [1.807, 2.05) is 4.90 Å². The summed E-state index contributed by atoms with van der Waals surface area (Å²) in [5, 5.41) is 7.72. The van der Waals surface area contributed by atoms with Crippen LogP contribution in [0.5, 0.6) is 5.88 Å². The second-order valence-corrected chi connectivity index (χ2v) is 6.52. The molecule has 0 spiro atoms. The van der Waals surface area contributed by atoms with Gasteiger partial charge in [0, 0.05) is 25.2 Å². The van der Waals surface area contributed by atoms with Crippen molar-refractivity contribution in [2.45, 2.75) is 46.1 Å². The first-order chi connectivity index (χ1) is 9.44. The summed E-state index contributed by atoms with van der Waals surface area (Å²) in [6.07, 6.45) is 4.14. The van der Waals surface area contributed by atoms with Crippen LogP contribution in [0.15, 0.2) is 18.3 Å². The molecule has 1 aliphatic rings. The van der Waals surface area contributed by atoms with Gasteiger partial charge in [-0.2, -0.15) is 5.10 Å². The molecule has 0 radical (unpaired) electrons. The minimum atomic E-state index is 0.0179. The molecule has 0 N–H and O–H groups in total. The number of carbonyl (C=O) groups is 1. The number of piperidine rings is 1. The summed E-state index contributed by atoms with van der Waals surface area (Å²) < 4.78 is 5.80. The Labute approximate surface area is 120 Å². The van der Waals surface area contributed by atoms with Crippen LogP contribution in [0.4, 0.5) is 0 Å². The van der Waals surface area contributed by atoms with Crippen LogP contribution in [-0.4, -0.2) is 40.2 Å².